The smallest absolute Gasteiger partial charge is 0.230 e. The van der Waals surface area contributed by atoms with Crippen LogP contribution in [0.25, 0.3) is 0 Å². The summed E-state index contributed by atoms with van der Waals surface area (Å²) in [6.07, 6.45) is 7.32. The van der Waals surface area contributed by atoms with Gasteiger partial charge in [-0.25, -0.2) is 0 Å². The quantitative estimate of drug-likeness (QED) is 0.637. The minimum absolute atomic E-state index is 0.0318. The number of carbonyl (C=O) groups excluding carboxylic acids is 1. The topological polar surface area (TPSA) is 20.3 Å². The highest BCUT2D eigenvalue weighted by Gasteiger charge is 2.42. The Morgan fingerprint density at radius 1 is 1.16 bits per heavy atom. The Morgan fingerprint density at radius 3 is 2.32 bits per heavy atom. The zero-order chi connectivity index (χ0) is 14.4. The Morgan fingerprint density at radius 2 is 1.79 bits per heavy atom. The summed E-state index contributed by atoms with van der Waals surface area (Å²) in [6.45, 7) is 13.0. The van der Waals surface area contributed by atoms with Crippen LogP contribution in [-0.2, 0) is 4.79 Å². The van der Waals surface area contributed by atoms with Crippen LogP contribution in [0.2, 0.25) is 0 Å². The van der Waals surface area contributed by atoms with Crippen molar-refractivity contribution >= 4 is 5.91 Å². The number of hydrogen-bond donors (Lipinski definition) is 0. The molecule has 0 radical (unpaired) electrons. The SMILES string of the molecule is CC(C)(C)C1CCC2=C(CC=C2)N(C(C)(C)C)C1=O. The van der Waals surface area contributed by atoms with Crippen molar-refractivity contribution in [3.8, 4) is 0 Å². The van der Waals surface area contributed by atoms with Crippen molar-refractivity contribution in [1.29, 1.82) is 0 Å². The van der Waals surface area contributed by atoms with Gasteiger partial charge in [-0.1, -0.05) is 32.9 Å². The van der Waals surface area contributed by atoms with Crippen LogP contribution in [-0.4, -0.2) is 16.3 Å². The summed E-state index contributed by atoms with van der Waals surface area (Å²) in [4.78, 5) is 15.1. The highest BCUT2D eigenvalue weighted by Crippen LogP contribution is 2.42. The van der Waals surface area contributed by atoms with Gasteiger partial charge in [0.05, 0.1) is 0 Å². The van der Waals surface area contributed by atoms with E-state index >= 15 is 0 Å². The van der Waals surface area contributed by atoms with Crippen LogP contribution in [0.4, 0.5) is 0 Å². The van der Waals surface area contributed by atoms with E-state index in [2.05, 4.69) is 58.6 Å². The molecule has 0 aromatic rings. The van der Waals surface area contributed by atoms with E-state index < -0.39 is 0 Å². The summed E-state index contributed by atoms with van der Waals surface area (Å²) >= 11 is 0. The van der Waals surface area contributed by atoms with Crippen LogP contribution in [0.1, 0.15) is 60.8 Å². The third-order valence-electron chi connectivity index (χ3n) is 4.21. The normalized spacial score (nSPS) is 24.8. The molecular formula is C17H27NO. The van der Waals surface area contributed by atoms with Gasteiger partial charge >= 0.3 is 0 Å². The van der Waals surface area contributed by atoms with E-state index in [1.165, 1.54) is 11.3 Å². The van der Waals surface area contributed by atoms with E-state index in [1.54, 1.807) is 0 Å². The summed E-state index contributed by atoms with van der Waals surface area (Å²) in [5, 5.41) is 0. The molecule has 2 heteroatoms. The maximum absolute atomic E-state index is 13.0. The largest absolute Gasteiger partial charge is 0.310 e. The van der Waals surface area contributed by atoms with Gasteiger partial charge in [-0.2, -0.15) is 0 Å². The van der Waals surface area contributed by atoms with E-state index in [4.69, 9.17) is 0 Å². The third kappa shape index (κ3) is 2.63. The lowest BCUT2D eigenvalue weighted by Crippen LogP contribution is -2.49. The molecule has 0 fully saturated rings. The highest BCUT2D eigenvalue weighted by atomic mass is 16.2. The summed E-state index contributed by atoms with van der Waals surface area (Å²) < 4.78 is 0. The lowest BCUT2D eigenvalue weighted by atomic mass is 9.77. The van der Waals surface area contributed by atoms with Crippen molar-refractivity contribution in [3.05, 3.63) is 23.4 Å². The van der Waals surface area contributed by atoms with Crippen molar-refractivity contribution < 1.29 is 4.79 Å². The maximum Gasteiger partial charge on any atom is 0.230 e. The van der Waals surface area contributed by atoms with Crippen molar-refractivity contribution in [2.45, 2.75) is 66.3 Å². The highest BCUT2D eigenvalue weighted by molar-refractivity contribution is 5.83. The second-order valence-electron chi connectivity index (χ2n) is 7.88. The molecule has 0 saturated carbocycles. The maximum atomic E-state index is 13.0. The van der Waals surface area contributed by atoms with Crippen LogP contribution < -0.4 is 0 Å². The summed E-state index contributed by atoms with van der Waals surface area (Å²) in [6, 6.07) is 0. The molecule has 1 aliphatic heterocycles. The lowest BCUT2D eigenvalue weighted by molar-refractivity contribution is -0.141. The molecule has 2 rings (SSSR count). The molecule has 0 aromatic heterocycles. The van der Waals surface area contributed by atoms with Gasteiger partial charge in [0, 0.05) is 23.6 Å². The molecule has 1 unspecified atom stereocenters. The summed E-state index contributed by atoms with van der Waals surface area (Å²) in [7, 11) is 0. The molecule has 0 spiro atoms. The van der Waals surface area contributed by atoms with E-state index in [0.717, 1.165) is 19.3 Å². The van der Waals surface area contributed by atoms with Crippen LogP contribution in [0.5, 0.6) is 0 Å². The molecule has 1 aliphatic carbocycles. The zero-order valence-electron chi connectivity index (χ0n) is 13.2. The van der Waals surface area contributed by atoms with Gasteiger partial charge in [0.25, 0.3) is 0 Å². The zero-order valence-corrected chi connectivity index (χ0v) is 13.2. The minimum atomic E-state index is -0.141. The molecule has 0 N–H and O–H groups in total. The van der Waals surface area contributed by atoms with Gasteiger partial charge in [0.2, 0.25) is 5.91 Å². The molecule has 0 bridgehead atoms. The number of rotatable bonds is 0. The summed E-state index contributed by atoms with van der Waals surface area (Å²) in [5.74, 6) is 0.430. The van der Waals surface area contributed by atoms with E-state index in [9.17, 15) is 4.79 Å². The second kappa shape index (κ2) is 4.50. The van der Waals surface area contributed by atoms with Crippen molar-refractivity contribution in [2.24, 2.45) is 11.3 Å². The first-order chi connectivity index (χ1) is 8.62. The molecule has 106 valence electrons. The van der Waals surface area contributed by atoms with E-state index in [1.807, 2.05) is 0 Å². The number of amides is 1. The first kappa shape index (κ1) is 14.4. The first-order valence-electron chi connectivity index (χ1n) is 7.35. The average molecular weight is 261 g/mol. The van der Waals surface area contributed by atoms with Crippen LogP contribution in [0.3, 0.4) is 0 Å². The molecule has 0 saturated heterocycles. The van der Waals surface area contributed by atoms with E-state index in [0.29, 0.717) is 5.91 Å². The van der Waals surface area contributed by atoms with Gasteiger partial charge in [-0.15, -0.1) is 0 Å². The standard InChI is InChI=1S/C17H27NO/c1-16(2,3)13-11-10-12-8-7-9-14(12)18(15(13)19)17(4,5)6/h7-8,13H,9-11H2,1-6H3. The predicted octanol–water partition coefficient (Wildman–Crippen LogP) is 4.28. The molecule has 1 amide bonds. The predicted molar refractivity (Wildman–Crippen MR) is 79.6 cm³/mol. The first-order valence-corrected chi connectivity index (χ1v) is 7.35. The molecule has 1 heterocycles. The fraction of sp³-hybridized carbons (Fsp3) is 0.706. The van der Waals surface area contributed by atoms with Gasteiger partial charge in [-0.05, 0) is 44.6 Å². The number of hydrogen-bond acceptors (Lipinski definition) is 1. The third-order valence-corrected chi connectivity index (χ3v) is 4.21. The Labute approximate surface area is 117 Å². The minimum Gasteiger partial charge on any atom is -0.310 e. The van der Waals surface area contributed by atoms with Gasteiger partial charge in [-0.3, -0.25) is 4.79 Å². The number of allylic oxidation sites excluding steroid dienone is 3. The van der Waals surface area contributed by atoms with Crippen molar-refractivity contribution in [2.75, 3.05) is 0 Å². The Kier molecular flexibility index (Phi) is 3.40. The van der Waals surface area contributed by atoms with E-state index in [-0.39, 0.29) is 16.9 Å². The van der Waals surface area contributed by atoms with Crippen LogP contribution in [0, 0.1) is 11.3 Å². The van der Waals surface area contributed by atoms with Crippen LogP contribution >= 0.6 is 0 Å². The van der Waals surface area contributed by atoms with Crippen LogP contribution in [0.15, 0.2) is 23.4 Å². The Balaban J connectivity index is 2.44. The monoisotopic (exact) mass is 261 g/mol. The fourth-order valence-corrected chi connectivity index (χ4v) is 3.25. The lowest BCUT2D eigenvalue weighted by Gasteiger charge is -2.41. The Bertz CT molecular complexity index is 443. The number of carbonyl (C=O) groups is 1. The molecular weight excluding hydrogens is 234 g/mol. The molecule has 2 nitrogen and oxygen atoms in total. The van der Waals surface area contributed by atoms with Gasteiger partial charge < -0.3 is 4.90 Å². The molecule has 1 atom stereocenters. The number of nitrogens with zero attached hydrogens (tertiary/aromatic N) is 1. The fourth-order valence-electron chi connectivity index (χ4n) is 3.25. The van der Waals surface area contributed by atoms with Gasteiger partial charge in [0.1, 0.15) is 0 Å². The average Bonchev–Trinajstić information content (AvgIpc) is 2.57. The molecule has 0 aromatic carbocycles. The van der Waals surface area contributed by atoms with Gasteiger partial charge in [0.15, 0.2) is 0 Å². The summed E-state index contributed by atoms with van der Waals surface area (Å²) in [5.41, 5.74) is 2.50. The van der Waals surface area contributed by atoms with Crippen molar-refractivity contribution in [3.63, 3.8) is 0 Å². The molecule has 19 heavy (non-hydrogen) atoms. The second-order valence-corrected chi connectivity index (χ2v) is 7.88. The Hall–Kier alpha value is -1.05. The molecule has 2 aliphatic rings. The van der Waals surface area contributed by atoms with Crippen molar-refractivity contribution in [1.82, 2.24) is 4.90 Å².